The average Bonchev–Trinajstić information content (AvgIpc) is 2.39. The van der Waals surface area contributed by atoms with Gasteiger partial charge in [0.15, 0.2) is 5.78 Å². The summed E-state index contributed by atoms with van der Waals surface area (Å²) in [7, 11) is 0. The number of halogens is 1. The standard InChI is InChI=1S/C14H11ClN2O4/c1-7-5-9(15)3-4-12(7)17-13(19)10(14(20)21)6-11(16-17)8(2)18/h3-6H,1-2H3,(H,20,21). The van der Waals surface area contributed by atoms with E-state index in [-0.39, 0.29) is 5.69 Å². The molecule has 0 saturated carbocycles. The van der Waals surface area contributed by atoms with E-state index in [0.717, 1.165) is 10.7 Å². The maximum Gasteiger partial charge on any atom is 0.341 e. The number of carboxylic acid groups (broad SMARTS) is 1. The first-order valence-electron chi connectivity index (χ1n) is 5.96. The molecule has 1 aromatic carbocycles. The van der Waals surface area contributed by atoms with E-state index in [1.165, 1.54) is 6.92 Å². The van der Waals surface area contributed by atoms with Crippen LogP contribution in [0.4, 0.5) is 0 Å². The summed E-state index contributed by atoms with van der Waals surface area (Å²) in [6.07, 6.45) is 0. The summed E-state index contributed by atoms with van der Waals surface area (Å²) >= 11 is 5.85. The minimum absolute atomic E-state index is 0.0960. The van der Waals surface area contributed by atoms with E-state index >= 15 is 0 Å². The van der Waals surface area contributed by atoms with E-state index in [1.54, 1.807) is 25.1 Å². The van der Waals surface area contributed by atoms with Crippen LogP contribution in [0, 0.1) is 6.92 Å². The van der Waals surface area contributed by atoms with Crippen LogP contribution < -0.4 is 5.56 Å². The highest BCUT2D eigenvalue weighted by Crippen LogP contribution is 2.17. The van der Waals surface area contributed by atoms with Gasteiger partial charge in [0.05, 0.1) is 5.69 Å². The lowest BCUT2D eigenvalue weighted by Crippen LogP contribution is -2.29. The van der Waals surface area contributed by atoms with Gasteiger partial charge >= 0.3 is 5.97 Å². The van der Waals surface area contributed by atoms with Crippen LogP contribution in [0.5, 0.6) is 0 Å². The molecule has 0 aliphatic rings. The first kappa shape index (κ1) is 14.9. The number of aromatic nitrogens is 2. The van der Waals surface area contributed by atoms with Crippen LogP contribution in [0.25, 0.3) is 5.69 Å². The van der Waals surface area contributed by atoms with E-state index in [4.69, 9.17) is 16.7 Å². The molecule has 0 bridgehead atoms. The van der Waals surface area contributed by atoms with Crippen LogP contribution >= 0.6 is 11.6 Å². The monoisotopic (exact) mass is 306 g/mol. The van der Waals surface area contributed by atoms with Crippen molar-refractivity contribution in [3.8, 4) is 5.69 Å². The molecule has 0 unspecified atom stereocenters. The second kappa shape index (κ2) is 5.49. The van der Waals surface area contributed by atoms with Crippen molar-refractivity contribution in [2.45, 2.75) is 13.8 Å². The predicted octanol–water partition coefficient (Wildman–Crippen LogP) is 2.10. The Morgan fingerprint density at radius 1 is 1.29 bits per heavy atom. The first-order valence-corrected chi connectivity index (χ1v) is 6.34. The molecule has 2 rings (SSSR count). The molecule has 0 atom stereocenters. The van der Waals surface area contributed by atoms with Gasteiger partial charge in [-0.2, -0.15) is 9.78 Å². The zero-order chi connectivity index (χ0) is 15.7. The van der Waals surface area contributed by atoms with Crippen LogP contribution in [0.1, 0.15) is 33.3 Å². The van der Waals surface area contributed by atoms with Gasteiger partial charge in [0.2, 0.25) is 0 Å². The zero-order valence-corrected chi connectivity index (χ0v) is 12.0. The molecule has 0 aliphatic carbocycles. The van der Waals surface area contributed by atoms with Crippen LogP contribution in [-0.2, 0) is 0 Å². The lowest BCUT2D eigenvalue weighted by Gasteiger charge is -2.10. The molecule has 0 saturated heterocycles. The second-order valence-corrected chi connectivity index (χ2v) is 4.89. The molecule has 21 heavy (non-hydrogen) atoms. The maximum absolute atomic E-state index is 12.2. The maximum atomic E-state index is 12.2. The summed E-state index contributed by atoms with van der Waals surface area (Å²) < 4.78 is 0.909. The van der Waals surface area contributed by atoms with E-state index in [0.29, 0.717) is 16.3 Å². The van der Waals surface area contributed by atoms with Crippen LogP contribution in [0.15, 0.2) is 29.1 Å². The molecule has 2 aromatic rings. The number of aromatic carboxylic acids is 1. The fourth-order valence-corrected chi connectivity index (χ4v) is 2.07. The lowest BCUT2D eigenvalue weighted by molar-refractivity contribution is 0.0694. The van der Waals surface area contributed by atoms with Gasteiger partial charge in [-0.3, -0.25) is 9.59 Å². The number of rotatable bonds is 3. The highest BCUT2D eigenvalue weighted by Gasteiger charge is 2.18. The van der Waals surface area contributed by atoms with E-state index in [1.807, 2.05) is 0 Å². The Hall–Kier alpha value is -2.47. The fraction of sp³-hybridized carbons (Fsp3) is 0.143. The van der Waals surface area contributed by atoms with Gasteiger partial charge in [-0.25, -0.2) is 4.79 Å². The SMILES string of the molecule is CC(=O)c1cc(C(=O)O)c(=O)n(-c2ccc(Cl)cc2C)n1. The molecule has 1 N–H and O–H groups in total. The molecule has 0 fully saturated rings. The highest BCUT2D eigenvalue weighted by atomic mass is 35.5. The number of nitrogens with zero attached hydrogens (tertiary/aromatic N) is 2. The Bertz CT molecular complexity index is 811. The summed E-state index contributed by atoms with van der Waals surface area (Å²) in [5.41, 5.74) is -0.409. The second-order valence-electron chi connectivity index (χ2n) is 4.45. The van der Waals surface area contributed by atoms with Gasteiger partial charge in [0, 0.05) is 11.9 Å². The lowest BCUT2D eigenvalue weighted by atomic mass is 10.2. The summed E-state index contributed by atoms with van der Waals surface area (Å²) in [6.45, 7) is 2.95. The van der Waals surface area contributed by atoms with Gasteiger partial charge in [-0.05, 0) is 36.8 Å². The Kier molecular flexibility index (Phi) is 3.90. The molecule has 0 radical (unpaired) electrons. The molecule has 6 nitrogen and oxygen atoms in total. The van der Waals surface area contributed by atoms with Crippen LogP contribution in [0.2, 0.25) is 5.02 Å². The molecule has 7 heteroatoms. The van der Waals surface area contributed by atoms with Crippen molar-refractivity contribution in [2.75, 3.05) is 0 Å². The van der Waals surface area contributed by atoms with Crippen LogP contribution in [0.3, 0.4) is 0 Å². The average molecular weight is 307 g/mol. The molecular weight excluding hydrogens is 296 g/mol. The molecule has 0 spiro atoms. The zero-order valence-electron chi connectivity index (χ0n) is 11.3. The molecule has 1 heterocycles. The number of benzene rings is 1. The molecule has 108 valence electrons. The largest absolute Gasteiger partial charge is 0.477 e. The predicted molar refractivity (Wildman–Crippen MR) is 76.5 cm³/mol. The van der Waals surface area contributed by atoms with Gasteiger partial charge in [0.1, 0.15) is 11.3 Å². The number of carboxylic acids is 1. The van der Waals surface area contributed by atoms with Gasteiger partial charge in [0.25, 0.3) is 5.56 Å². The molecule has 0 amide bonds. The summed E-state index contributed by atoms with van der Waals surface area (Å²) in [4.78, 5) is 34.8. The van der Waals surface area contributed by atoms with Crippen molar-refractivity contribution in [1.82, 2.24) is 9.78 Å². The summed E-state index contributed by atoms with van der Waals surface area (Å²) in [6, 6.07) is 5.70. The fourth-order valence-electron chi connectivity index (χ4n) is 1.84. The van der Waals surface area contributed by atoms with Crippen molar-refractivity contribution in [2.24, 2.45) is 0 Å². The van der Waals surface area contributed by atoms with E-state index in [2.05, 4.69) is 5.10 Å². The van der Waals surface area contributed by atoms with Crippen molar-refractivity contribution in [3.63, 3.8) is 0 Å². The number of hydrogen-bond donors (Lipinski definition) is 1. The van der Waals surface area contributed by atoms with Crippen molar-refractivity contribution in [3.05, 3.63) is 56.5 Å². The minimum Gasteiger partial charge on any atom is -0.477 e. The van der Waals surface area contributed by atoms with Crippen molar-refractivity contribution < 1.29 is 14.7 Å². The highest BCUT2D eigenvalue weighted by molar-refractivity contribution is 6.30. The number of aryl methyl sites for hydroxylation is 1. The number of Topliss-reactive ketones (excluding diaryl/α,β-unsaturated/α-hetero) is 1. The number of hydrogen-bond acceptors (Lipinski definition) is 4. The third-order valence-electron chi connectivity index (χ3n) is 2.89. The Morgan fingerprint density at radius 2 is 1.95 bits per heavy atom. The van der Waals surface area contributed by atoms with E-state index in [9.17, 15) is 14.4 Å². The quantitative estimate of drug-likeness (QED) is 0.877. The Labute approximate surface area is 124 Å². The van der Waals surface area contributed by atoms with Gasteiger partial charge in [-0.1, -0.05) is 11.6 Å². The minimum atomic E-state index is -1.41. The third kappa shape index (κ3) is 2.85. The molecular formula is C14H11ClN2O4. The molecule has 0 aliphatic heterocycles. The first-order chi connectivity index (χ1) is 9.81. The normalized spacial score (nSPS) is 10.4. The van der Waals surface area contributed by atoms with E-state index < -0.39 is 22.9 Å². The smallest absolute Gasteiger partial charge is 0.341 e. The van der Waals surface area contributed by atoms with Gasteiger partial charge < -0.3 is 5.11 Å². The number of carbonyl (C=O) groups is 2. The number of ketones is 1. The van der Waals surface area contributed by atoms with Crippen LogP contribution in [-0.4, -0.2) is 26.6 Å². The Balaban J connectivity index is 2.81. The Morgan fingerprint density at radius 3 is 2.48 bits per heavy atom. The summed E-state index contributed by atoms with van der Waals surface area (Å²) in [5.74, 6) is -1.84. The van der Waals surface area contributed by atoms with Crippen molar-refractivity contribution >= 4 is 23.4 Å². The summed E-state index contributed by atoms with van der Waals surface area (Å²) in [5, 5.41) is 13.5. The molecule has 1 aromatic heterocycles. The topological polar surface area (TPSA) is 89.3 Å². The third-order valence-corrected chi connectivity index (χ3v) is 3.12. The van der Waals surface area contributed by atoms with Crippen molar-refractivity contribution in [1.29, 1.82) is 0 Å². The number of carbonyl (C=O) groups excluding carboxylic acids is 1. The van der Waals surface area contributed by atoms with Gasteiger partial charge in [-0.15, -0.1) is 0 Å².